The molecule has 0 radical (unpaired) electrons. The number of carbonyl (C=O) groups is 1. The van der Waals surface area contributed by atoms with Crippen molar-refractivity contribution in [2.24, 2.45) is 17.8 Å². The van der Waals surface area contributed by atoms with Crippen LogP contribution in [0.2, 0.25) is 0 Å². The SMILES string of the molecule is CO[C@@]12CC[C@H](O)[C@@H](C=C[C@H](O)CC3CCCC3)[C@@H]1CC2=O. The highest BCUT2D eigenvalue weighted by Gasteiger charge is 2.60. The Kier molecular flexibility index (Phi) is 4.72. The van der Waals surface area contributed by atoms with Crippen LogP contribution in [0, 0.1) is 17.8 Å². The summed E-state index contributed by atoms with van der Waals surface area (Å²) in [5, 5.41) is 20.5. The molecule has 3 saturated carbocycles. The number of aliphatic hydroxyl groups excluding tert-OH is 2. The van der Waals surface area contributed by atoms with E-state index in [4.69, 9.17) is 4.74 Å². The van der Waals surface area contributed by atoms with Crippen LogP contribution in [0.4, 0.5) is 0 Å². The van der Waals surface area contributed by atoms with Crippen molar-refractivity contribution in [1.82, 2.24) is 0 Å². The minimum atomic E-state index is -0.676. The molecule has 0 bridgehead atoms. The van der Waals surface area contributed by atoms with E-state index < -0.39 is 17.8 Å². The van der Waals surface area contributed by atoms with E-state index in [1.165, 1.54) is 25.7 Å². The monoisotopic (exact) mass is 308 g/mol. The molecular weight excluding hydrogens is 280 g/mol. The van der Waals surface area contributed by atoms with Crippen molar-refractivity contribution in [3.63, 3.8) is 0 Å². The lowest BCUT2D eigenvalue weighted by Gasteiger charge is -2.54. The van der Waals surface area contributed by atoms with E-state index in [1.54, 1.807) is 7.11 Å². The minimum Gasteiger partial charge on any atom is -0.393 e. The average Bonchev–Trinajstić information content (AvgIpc) is 2.99. The number of carbonyl (C=O) groups excluding carboxylic acids is 1. The van der Waals surface area contributed by atoms with E-state index >= 15 is 0 Å². The van der Waals surface area contributed by atoms with Crippen molar-refractivity contribution in [3.8, 4) is 0 Å². The first-order valence-electron chi connectivity index (χ1n) is 8.69. The minimum absolute atomic E-state index is 0.0590. The lowest BCUT2D eigenvalue weighted by molar-refractivity contribution is -0.191. The Bertz CT molecular complexity index is 440. The van der Waals surface area contributed by atoms with E-state index in [2.05, 4.69) is 0 Å². The van der Waals surface area contributed by atoms with Crippen LogP contribution in [-0.2, 0) is 9.53 Å². The van der Waals surface area contributed by atoms with E-state index in [9.17, 15) is 15.0 Å². The lowest BCUT2D eigenvalue weighted by atomic mass is 9.55. The van der Waals surface area contributed by atoms with Gasteiger partial charge in [0.2, 0.25) is 0 Å². The first-order valence-corrected chi connectivity index (χ1v) is 8.69. The smallest absolute Gasteiger partial charge is 0.165 e. The fraction of sp³-hybridized carbons (Fsp3) is 0.833. The zero-order valence-electron chi connectivity index (χ0n) is 13.4. The van der Waals surface area contributed by atoms with Gasteiger partial charge in [-0.3, -0.25) is 4.79 Å². The Morgan fingerprint density at radius 1 is 1.36 bits per heavy atom. The third-order valence-electron chi connectivity index (χ3n) is 6.17. The summed E-state index contributed by atoms with van der Waals surface area (Å²) in [4.78, 5) is 12.0. The van der Waals surface area contributed by atoms with Crippen LogP contribution in [0.3, 0.4) is 0 Å². The van der Waals surface area contributed by atoms with Crippen molar-refractivity contribution >= 4 is 5.78 Å². The van der Waals surface area contributed by atoms with Crippen molar-refractivity contribution in [1.29, 1.82) is 0 Å². The Morgan fingerprint density at radius 3 is 2.73 bits per heavy atom. The molecular formula is C18H28O4. The number of fused-ring (bicyclic) bond motifs is 1. The second kappa shape index (κ2) is 6.42. The number of ketones is 1. The molecule has 0 aromatic carbocycles. The number of hydrogen-bond donors (Lipinski definition) is 2. The number of hydrogen-bond acceptors (Lipinski definition) is 4. The van der Waals surface area contributed by atoms with Gasteiger partial charge in [-0.05, 0) is 25.2 Å². The molecule has 0 unspecified atom stereocenters. The number of Topliss-reactive ketones (excluding diaryl/α,β-unsaturated/α-hetero) is 1. The van der Waals surface area contributed by atoms with Crippen LogP contribution < -0.4 is 0 Å². The molecule has 0 saturated heterocycles. The van der Waals surface area contributed by atoms with Gasteiger partial charge in [-0.1, -0.05) is 37.8 Å². The Labute approximate surface area is 132 Å². The third-order valence-corrected chi connectivity index (χ3v) is 6.17. The van der Waals surface area contributed by atoms with Crippen LogP contribution in [0.5, 0.6) is 0 Å². The van der Waals surface area contributed by atoms with Gasteiger partial charge in [0.1, 0.15) is 5.60 Å². The van der Waals surface area contributed by atoms with Gasteiger partial charge in [0.05, 0.1) is 12.2 Å². The first kappa shape index (κ1) is 16.2. The molecule has 3 aliphatic rings. The van der Waals surface area contributed by atoms with Gasteiger partial charge >= 0.3 is 0 Å². The van der Waals surface area contributed by atoms with Crippen LogP contribution in [0.25, 0.3) is 0 Å². The van der Waals surface area contributed by atoms with Crippen LogP contribution >= 0.6 is 0 Å². The molecule has 0 amide bonds. The normalized spacial score (nSPS) is 40.7. The molecule has 2 N–H and O–H groups in total. The Hall–Kier alpha value is -0.710. The Morgan fingerprint density at radius 2 is 2.09 bits per heavy atom. The zero-order valence-corrected chi connectivity index (χ0v) is 13.4. The number of methoxy groups -OCH3 is 1. The van der Waals surface area contributed by atoms with E-state index in [0.29, 0.717) is 25.2 Å². The summed E-state index contributed by atoms with van der Waals surface area (Å²) in [6.45, 7) is 0. The predicted molar refractivity (Wildman–Crippen MR) is 83.3 cm³/mol. The number of ether oxygens (including phenoxy) is 1. The summed E-state index contributed by atoms with van der Waals surface area (Å²) < 4.78 is 5.53. The molecule has 3 rings (SSSR count). The topological polar surface area (TPSA) is 66.8 Å². The fourth-order valence-electron chi connectivity index (χ4n) is 4.76. The maximum Gasteiger partial charge on any atom is 0.165 e. The van der Waals surface area contributed by atoms with Crippen molar-refractivity contribution in [2.45, 2.75) is 69.2 Å². The van der Waals surface area contributed by atoms with Crippen LogP contribution in [0.1, 0.15) is 51.4 Å². The van der Waals surface area contributed by atoms with Crippen LogP contribution in [0.15, 0.2) is 12.2 Å². The standard InChI is InChI=1S/C18H28O4/c1-22-18-9-8-16(20)14(15(18)11-17(18)21)7-6-13(19)10-12-4-2-3-5-12/h6-7,12-16,19-20H,2-5,8-11H2,1H3/t13-,14-,15-,16-,18-/m0/s1. The van der Waals surface area contributed by atoms with Gasteiger partial charge in [-0.15, -0.1) is 0 Å². The van der Waals surface area contributed by atoms with E-state index in [0.717, 1.165) is 6.42 Å². The maximum atomic E-state index is 12.0. The highest BCUT2D eigenvalue weighted by Crippen LogP contribution is 2.51. The zero-order chi connectivity index (χ0) is 15.7. The molecule has 3 fully saturated rings. The molecule has 0 aliphatic heterocycles. The maximum absolute atomic E-state index is 12.0. The van der Waals surface area contributed by atoms with Gasteiger partial charge in [-0.25, -0.2) is 0 Å². The highest BCUT2D eigenvalue weighted by molar-refractivity contribution is 5.94. The lowest BCUT2D eigenvalue weighted by Crippen LogP contribution is -2.64. The molecule has 0 aromatic rings. The summed E-state index contributed by atoms with van der Waals surface area (Å²) >= 11 is 0. The van der Waals surface area contributed by atoms with Gasteiger partial charge < -0.3 is 14.9 Å². The van der Waals surface area contributed by atoms with Crippen molar-refractivity contribution in [3.05, 3.63) is 12.2 Å². The van der Waals surface area contributed by atoms with Gasteiger partial charge in [0, 0.05) is 25.4 Å². The second-order valence-corrected chi connectivity index (χ2v) is 7.35. The largest absolute Gasteiger partial charge is 0.393 e. The summed E-state index contributed by atoms with van der Waals surface area (Å²) in [5.74, 6) is 0.782. The van der Waals surface area contributed by atoms with Crippen molar-refractivity contribution in [2.75, 3.05) is 7.11 Å². The second-order valence-electron chi connectivity index (χ2n) is 7.35. The van der Waals surface area contributed by atoms with Gasteiger partial charge in [0.15, 0.2) is 5.78 Å². The molecule has 0 heterocycles. The number of rotatable bonds is 5. The molecule has 3 aliphatic carbocycles. The average molecular weight is 308 g/mol. The van der Waals surface area contributed by atoms with E-state index in [1.807, 2.05) is 12.2 Å². The van der Waals surface area contributed by atoms with Gasteiger partial charge in [0.25, 0.3) is 0 Å². The van der Waals surface area contributed by atoms with Crippen LogP contribution in [-0.4, -0.2) is 40.9 Å². The highest BCUT2D eigenvalue weighted by atomic mass is 16.5. The van der Waals surface area contributed by atoms with Gasteiger partial charge in [-0.2, -0.15) is 0 Å². The molecule has 0 aromatic heterocycles. The first-order chi connectivity index (χ1) is 10.6. The molecule has 124 valence electrons. The third kappa shape index (κ3) is 2.77. The molecule has 4 heteroatoms. The van der Waals surface area contributed by atoms with E-state index in [-0.39, 0.29) is 17.6 Å². The fourth-order valence-corrected chi connectivity index (χ4v) is 4.76. The predicted octanol–water partition coefficient (Wildman–Crippen LogP) is 2.23. The summed E-state index contributed by atoms with van der Waals surface area (Å²) in [6.07, 6.45) is 10.4. The number of aliphatic hydroxyl groups is 2. The quantitative estimate of drug-likeness (QED) is 0.764. The Balaban J connectivity index is 1.62. The summed E-state index contributed by atoms with van der Waals surface area (Å²) in [7, 11) is 1.59. The molecule has 4 nitrogen and oxygen atoms in total. The summed E-state index contributed by atoms with van der Waals surface area (Å²) in [6, 6.07) is 0. The van der Waals surface area contributed by atoms with Crippen molar-refractivity contribution < 1.29 is 19.7 Å². The summed E-state index contributed by atoms with van der Waals surface area (Å²) in [5.41, 5.74) is -0.676. The molecule has 22 heavy (non-hydrogen) atoms. The molecule has 0 spiro atoms. The molecule has 5 atom stereocenters.